The summed E-state index contributed by atoms with van der Waals surface area (Å²) in [4.78, 5) is 0. The fourth-order valence-corrected chi connectivity index (χ4v) is 91.8. The molecule has 0 heterocycles. The average Bonchev–Trinajstić information content (AvgIpc) is 3.03. The van der Waals surface area contributed by atoms with Gasteiger partial charge in [-0.15, -0.1) is 12.8 Å². The smallest absolute Gasteiger partial charge is 0.358 e. The Morgan fingerprint density at radius 3 is 0.960 bits per heavy atom. The van der Waals surface area contributed by atoms with Crippen molar-refractivity contribution in [1.82, 2.24) is 0 Å². The van der Waals surface area contributed by atoms with Gasteiger partial charge in [0, 0.05) is 30.1 Å². The average molecular weight is 484 g/mol. The van der Waals surface area contributed by atoms with E-state index in [0.717, 1.165) is 12.8 Å². The molecular weight excluding hydrogens is 444 g/mol. The molecule has 0 fully saturated rings. The molecule has 5 heteroatoms. The van der Waals surface area contributed by atoms with E-state index < -0.39 is 22.8 Å². The first-order valence-electron chi connectivity index (χ1n) is 8.68. The Morgan fingerprint density at radius 2 is 0.920 bits per heavy atom. The quantitative estimate of drug-likeness (QED) is 0.306. The SMILES string of the molecule is C[Si](C)(C)[Si]([Si](C)(C)C)[Si](C)(C)C.[C-]1=CC=CC1.[C-]1=CC=CC1.[CH3-].[Zr+3]. The van der Waals surface area contributed by atoms with Gasteiger partial charge < -0.3 is 7.43 Å². The summed E-state index contributed by atoms with van der Waals surface area (Å²) in [5, 5.41) is 0. The van der Waals surface area contributed by atoms with E-state index in [4.69, 9.17) is 0 Å². The standard InChI is InChI=1S/C9H27Si4.2C5H5.CH3.Zr/c1-11(2,3)10(12(4,5)6)13(7,8)9;2*1-2-4-5-3-1;;/h1-9H3;2*1-3H,4H2;1H3;/q;3*-1;+3. The van der Waals surface area contributed by atoms with Gasteiger partial charge in [-0.1, -0.05) is 58.9 Å². The van der Waals surface area contributed by atoms with Crippen LogP contribution < -0.4 is 0 Å². The summed E-state index contributed by atoms with van der Waals surface area (Å²) in [5.74, 6) is 0. The maximum atomic E-state index is 2.99. The van der Waals surface area contributed by atoms with Crippen molar-refractivity contribution >= 4 is 30.1 Å². The summed E-state index contributed by atoms with van der Waals surface area (Å²) < 4.78 is 0. The van der Waals surface area contributed by atoms with Gasteiger partial charge in [-0.05, 0) is 0 Å². The number of allylic oxidation sites excluding steroid dienone is 8. The maximum absolute atomic E-state index is 2.99. The van der Waals surface area contributed by atoms with Crippen LogP contribution in [0.3, 0.4) is 0 Å². The molecule has 0 unspecified atom stereocenters. The van der Waals surface area contributed by atoms with Crippen molar-refractivity contribution in [3.05, 3.63) is 56.0 Å². The molecule has 0 saturated heterocycles. The second-order valence-electron chi connectivity index (χ2n) is 9.13. The van der Waals surface area contributed by atoms with Gasteiger partial charge in [0.05, 0.1) is 0 Å². The van der Waals surface area contributed by atoms with Crippen molar-refractivity contribution in [1.29, 1.82) is 0 Å². The number of hydrogen-bond acceptors (Lipinski definition) is 0. The van der Waals surface area contributed by atoms with Crippen molar-refractivity contribution < 1.29 is 26.2 Å². The molecule has 2 aliphatic rings. The van der Waals surface area contributed by atoms with Crippen LogP contribution in [0.15, 0.2) is 36.5 Å². The fraction of sp³-hybridized carbons (Fsp3) is 0.550. The van der Waals surface area contributed by atoms with E-state index in [0.29, 0.717) is 0 Å². The van der Waals surface area contributed by atoms with Crippen LogP contribution in [0.4, 0.5) is 0 Å². The van der Waals surface area contributed by atoms with E-state index >= 15 is 0 Å². The first kappa shape index (κ1) is 30.4. The summed E-state index contributed by atoms with van der Waals surface area (Å²) in [7, 11) is -2.47. The van der Waals surface area contributed by atoms with Crippen LogP contribution >= 0.6 is 0 Å². The van der Waals surface area contributed by atoms with Crippen LogP contribution in [-0.2, 0) is 26.2 Å². The second-order valence-corrected chi connectivity index (χ2v) is 45.9. The predicted molar refractivity (Wildman–Crippen MR) is 125 cm³/mol. The van der Waals surface area contributed by atoms with Crippen molar-refractivity contribution in [3.63, 3.8) is 0 Å². The molecule has 0 aromatic carbocycles. The van der Waals surface area contributed by atoms with Crippen LogP contribution in [0, 0.1) is 19.6 Å². The molecule has 2 radical (unpaired) electrons. The summed E-state index contributed by atoms with van der Waals surface area (Å²) >= 11 is 0. The molecule has 140 valence electrons. The van der Waals surface area contributed by atoms with Crippen molar-refractivity contribution in [2.75, 3.05) is 0 Å². The topological polar surface area (TPSA) is 0 Å². The van der Waals surface area contributed by atoms with Crippen LogP contribution in [0.25, 0.3) is 0 Å². The van der Waals surface area contributed by atoms with Gasteiger partial charge in [0.2, 0.25) is 0 Å². The third-order valence-corrected chi connectivity index (χ3v) is 61.9. The molecule has 0 amide bonds. The molecule has 0 spiro atoms. The summed E-state index contributed by atoms with van der Waals surface area (Å²) in [5.41, 5.74) is 0. The third-order valence-electron chi connectivity index (χ3n) is 3.42. The van der Waals surface area contributed by atoms with Crippen molar-refractivity contribution in [2.24, 2.45) is 0 Å². The zero-order chi connectivity index (χ0) is 18.1. The van der Waals surface area contributed by atoms with E-state index in [1.165, 1.54) is 0 Å². The second kappa shape index (κ2) is 13.8. The Balaban J connectivity index is -0.000000330. The van der Waals surface area contributed by atoms with Gasteiger partial charge in [-0.3, -0.25) is 12.2 Å². The Kier molecular flexibility index (Phi) is 16.8. The van der Waals surface area contributed by atoms with E-state index in [9.17, 15) is 0 Å². The van der Waals surface area contributed by atoms with Gasteiger partial charge in [-0.25, -0.2) is 24.3 Å². The van der Waals surface area contributed by atoms with E-state index in [1.54, 1.807) is 0 Å². The van der Waals surface area contributed by atoms with Gasteiger partial charge in [0.15, 0.2) is 0 Å². The van der Waals surface area contributed by atoms with Gasteiger partial charge in [0.25, 0.3) is 0 Å². The fourth-order valence-electron chi connectivity index (χ4n) is 4.06. The Bertz CT molecular complexity index is 369. The van der Waals surface area contributed by atoms with Crippen LogP contribution in [-0.4, -0.2) is 30.1 Å². The molecule has 0 aromatic heterocycles. The Hall–Kier alpha value is 0.711. The first-order chi connectivity index (χ1) is 10.4. The van der Waals surface area contributed by atoms with E-state index in [-0.39, 0.29) is 41.0 Å². The van der Waals surface area contributed by atoms with Gasteiger partial charge in [0.1, 0.15) is 0 Å². The molecule has 0 aliphatic heterocycles. The van der Waals surface area contributed by atoms with Gasteiger partial charge in [-0.2, -0.15) is 12.2 Å². The molecule has 0 bridgehead atoms. The number of rotatable bonds is 3. The van der Waals surface area contributed by atoms with Crippen molar-refractivity contribution in [2.45, 2.75) is 71.8 Å². The predicted octanol–water partition coefficient (Wildman–Crippen LogP) is 6.79. The van der Waals surface area contributed by atoms with E-state index in [1.807, 2.05) is 24.3 Å². The summed E-state index contributed by atoms with van der Waals surface area (Å²) in [6.45, 7) is 23.5. The van der Waals surface area contributed by atoms with Crippen molar-refractivity contribution in [3.8, 4) is 0 Å². The molecule has 2 rings (SSSR count). The molecule has 2 aliphatic carbocycles. The summed E-state index contributed by atoms with van der Waals surface area (Å²) in [6.07, 6.45) is 20.0. The molecule has 0 nitrogen and oxygen atoms in total. The Morgan fingerprint density at radius 1 is 0.640 bits per heavy atom. The van der Waals surface area contributed by atoms with Crippen LogP contribution in [0.1, 0.15) is 12.8 Å². The van der Waals surface area contributed by atoms with Gasteiger partial charge >= 0.3 is 26.2 Å². The van der Waals surface area contributed by atoms with Crippen LogP contribution in [0.5, 0.6) is 0 Å². The normalized spacial score (nSPS) is 15.0. The minimum Gasteiger partial charge on any atom is -0.358 e. The molecule has 0 atom stereocenters. The maximum Gasteiger partial charge on any atom is 3.00 e. The monoisotopic (exact) mass is 482 g/mol. The van der Waals surface area contributed by atoms with Crippen LogP contribution in [0.2, 0.25) is 58.9 Å². The minimum atomic E-state index is -0.832. The summed E-state index contributed by atoms with van der Waals surface area (Å²) in [6, 6.07) is 0. The molecule has 0 saturated carbocycles. The molecular formula is C20H40Si4Zr. The third kappa shape index (κ3) is 15.5. The largest absolute Gasteiger partial charge is 3.00 e. The minimum absolute atomic E-state index is 0. The zero-order valence-corrected chi connectivity index (χ0v) is 24.8. The molecule has 0 N–H and O–H groups in total. The Labute approximate surface area is 183 Å². The molecule has 25 heavy (non-hydrogen) atoms. The zero-order valence-electron chi connectivity index (χ0n) is 18.4. The number of hydrogen-bond donors (Lipinski definition) is 0. The first-order valence-corrected chi connectivity index (χ1v) is 23.7. The molecule has 0 aromatic rings. The van der Waals surface area contributed by atoms with E-state index in [2.05, 4.69) is 83.2 Å².